The molecule has 1 aliphatic heterocycles. The van der Waals surface area contributed by atoms with Crippen LogP contribution in [0.3, 0.4) is 0 Å². The minimum atomic E-state index is -0.964. The van der Waals surface area contributed by atoms with E-state index < -0.39 is 41.3 Å². The largest absolute Gasteiger partial charge is 0.453 e. The van der Waals surface area contributed by atoms with Gasteiger partial charge < -0.3 is 24.7 Å². The van der Waals surface area contributed by atoms with Crippen molar-refractivity contribution in [3.63, 3.8) is 0 Å². The van der Waals surface area contributed by atoms with Crippen LogP contribution >= 0.6 is 0 Å². The van der Waals surface area contributed by atoms with Crippen LogP contribution in [0.15, 0.2) is 22.9 Å². The normalized spacial score (nSPS) is 17.2. The molecule has 0 spiro atoms. The van der Waals surface area contributed by atoms with Crippen molar-refractivity contribution < 1.29 is 28.3 Å². The summed E-state index contributed by atoms with van der Waals surface area (Å²) in [6, 6.07) is -0.925. The van der Waals surface area contributed by atoms with Crippen molar-refractivity contribution >= 4 is 23.7 Å². The van der Waals surface area contributed by atoms with E-state index in [-0.39, 0.29) is 29.5 Å². The first kappa shape index (κ1) is 29.7. The summed E-state index contributed by atoms with van der Waals surface area (Å²) >= 11 is 0. The number of aromatic nitrogens is 4. The summed E-state index contributed by atoms with van der Waals surface area (Å²) in [7, 11) is 1.22. The van der Waals surface area contributed by atoms with Crippen molar-refractivity contribution in [1.82, 2.24) is 35.7 Å². The van der Waals surface area contributed by atoms with Crippen LogP contribution in [0.4, 0.5) is 4.79 Å². The second-order valence-electron chi connectivity index (χ2n) is 10.8. The van der Waals surface area contributed by atoms with Crippen LogP contribution in [-0.2, 0) is 19.7 Å². The van der Waals surface area contributed by atoms with Crippen molar-refractivity contribution in [3.05, 3.63) is 36.1 Å². The number of alkyl carbamates (subject to hydrolysis) is 1. The molecule has 3 rings (SSSR count). The van der Waals surface area contributed by atoms with E-state index >= 15 is 0 Å². The number of amides is 3. The van der Waals surface area contributed by atoms with Gasteiger partial charge in [-0.25, -0.2) is 14.8 Å². The Morgan fingerprint density at radius 2 is 1.67 bits per heavy atom. The summed E-state index contributed by atoms with van der Waals surface area (Å²) in [5.41, 5.74) is -0.848. The molecule has 0 aromatic carbocycles. The number of ketones is 1. The zero-order valence-corrected chi connectivity index (χ0v) is 23.4. The number of Topliss-reactive ketones (excluding diaryl/α,β-unsaturated/α-hetero) is 1. The Labute approximate surface area is 227 Å². The molecule has 3 amide bonds. The molecular formula is C26H37N7O6. The Kier molecular flexibility index (Phi) is 9.36. The van der Waals surface area contributed by atoms with E-state index in [2.05, 4.69) is 35.5 Å². The van der Waals surface area contributed by atoms with Gasteiger partial charge in [0.15, 0.2) is 0 Å². The summed E-state index contributed by atoms with van der Waals surface area (Å²) in [6.07, 6.45) is 3.51. The molecule has 3 atom stereocenters. The number of methoxy groups -OCH3 is 1. The molecule has 0 unspecified atom stereocenters. The monoisotopic (exact) mass is 543 g/mol. The highest BCUT2D eigenvalue weighted by Gasteiger charge is 2.41. The van der Waals surface area contributed by atoms with Crippen LogP contribution in [-0.4, -0.2) is 80.5 Å². The summed E-state index contributed by atoms with van der Waals surface area (Å²) < 4.78 is 10.4. The van der Waals surface area contributed by atoms with Crippen LogP contribution in [0.1, 0.15) is 76.8 Å². The SMILES string of the molecule is COC(=O)N[C@H](C(=O)N1CCC[C@H]1C(=O)N[C@@H](C(=O)c1nnc(C(C)(C)c2ncccn2)o1)C(C)C)C(C)C. The van der Waals surface area contributed by atoms with Gasteiger partial charge in [0.05, 0.1) is 13.2 Å². The van der Waals surface area contributed by atoms with E-state index in [1.807, 2.05) is 0 Å². The fourth-order valence-electron chi connectivity index (χ4n) is 4.39. The van der Waals surface area contributed by atoms with E-state index in [9.17, 15) is 19.2 Å². The molecule has 2 aromatic heterocycles. The summed E-state index contributed by atoms with van der Waals surface area (Å²) in [4.78, 5) is 61.8. The zero-order chi connectivity index (χ0) is 28.9. The Balaban J connectivity index is 1.76. The molecule has 0 aliphatic carbocycles. The summed E-state index contributed by atoms with van der Waals surface area (Å²) in [5.74, 6) is -1.55. The second-order valence-corrected chi connectivity index (χ2v) is 10.8. The van der Waals surface area contributed by atoms with E-state index in [4.69, 9.17) is 4.42 Å². The lowest BCUT2D eigenvalue weighted by atomic mass is 9.92. The van der Waals surface area contributed by atoms with E-state index in [1.54, 1.807) is 60.0 Å². The second kappa shape index (κ2) is 12.3. The van der Waals surface area contributed by atoms with Crippen molar-refractivity contribution in [3.8, 4) is 0 Å². The number of nitrogens with one attached hydrogen (secondary N) is 2. The van der Waals surface area contributed by atoms with E-state index in [0.717, 1.165) is 0 Å². The van der Waals surface area contributed by atoms with Gasteiger partial charge in [-0.2, -0.15) is 0 Å². The Hall–Kier alpha value is -3.90. The molecule has 13 nitrogen and oxygen atoms in total. The van der Waals surface area contributed by atoms with Gasteiger partial charge >= 0.3 is 6.09 Å². The van der Waals surface area contributed by atoms with Crippen molar-refractivity contribution in [2.75, 3.05) is 13.7 Å². The third-order valence-electron chi connectivity index (χ3n) is 6.77. The number of ether oxygens (including phenoxy) is 1. The molecule has 0 saturated carbocycles. The van der Waals surface area contributed by atoms with E-state index in [1.165, 1.54) is 12.0 Å². The number of nitrogens with zero attached hydrogens (tertiary/aromatic N) is 5. The van der Waals surface area contributed by atoms with Crippen LogP contribution in [0.25, 0.3) is 0 Å². The predicted octanol–water partition coefficient (Wildman–Crippen LogP) is 1.88. The number of likely N-dealkylation sites (tertiary alicyclic amines) is 1. The minimum Gasteiger partial charge on any atom is -0.453 e. The van der Waals surface area contributed by atoms with Gasteiger partial charge in [0.25, 0.3) is 5.89 Å². The number of rotatable bonds is 10. The van der Waals surface area contributed by atoms with Crippen LogP contribution in [0, 0.1) is 11.8 Å². The first-order chi connectivity index (χ1) is 18.4. The first-order valence-corrected chi connectivity index (χ1v) is 13.0. The average Bonchev–Trinajstić information content (AvgIpc) is 3.60. The molecule has 0 radical (unpaired) electrons. The maximum Gasteiger partial charge on any atom is 0.407 e. The van der Waals surface area contributed by atoms with Gasteiger partial charge in [-0.3, -0.25) is 14.4 Å². The third kappa shape index (κ3) is 6.58. The van der Waals surface area contributed by atoms with Gasteiger partial charge in [0, 0.05) is 18.9 Å². The molecule has 1 saturated heterocycles. The highest BCUT2D eigenvalue weighted by molar-refractivity contribution is 6.00. The number of carbonyl (C=O) groups excluding carboxylic acids is 4. The lowest BCUT2D eigenvalue weighted by Crippen LogP contribution is -2.57. The topological polar surface area (TPSA) is 170 Å². The molecule has 1 aliphatic rings. The standard InChI is InChI=1S/C26H37N7O6/c1-14(2)17(19(34)21-31-32-24(39-21)26(5,6)23-27-11-9-12-28-23)29-20(35)16-10-8-13-33(16)22(36)18(15(3)4)30-25(37)38-7/h9,11-12,14-18H,8,10,13H2,1-7H3,(H,29,35)(H,30,37)/t16-,17+,18-/m0/s1. The van der Waals surface area contributed by atoms with Gasteiger partial charge in [-0.1, -0.05) is 27.7 Å². The van der Waals surface area contributed by atoms with Gasteiger partial charge in [0.1, 0.15) is 23.3 Å². The average molecular weight is 544 g/mol. The molecule has 2 N–H and O–H groups in total. The summed E-state index contributed by atoms with van der Waals surface area (Å²) in [6.45, 7) is 11.1. The van der Waals surface area contributed by atoms with Crippen LogP contribution < -0.4 is 10.6 Å². The highest BCUT2D eigenvalue weighted by Crippen LogP contribution is 2.28. The Bertz CT molecular complexity index is 1180. The molecule has 13 heteroatoms. The fourth-order valence-corrected chi connectivity index (χ4v) is 4.39. The van der Waals surface area contributed by atoms with Crippen molar-refractivity contribution in [2.45, 2.75) is 77.9 Å². The van der Waals surface area contributed by atoms with Crippen LogP contribution in [0.2, 0.25) is 0 Å². The molecule has 0 bridgehead atoms. The smallest absolute Gasteiger partial charge is 0.407 e. The molecular weight excluding hydrogens is 506 g/mol. The first-order valence-electron chi connectivity index (χ1n) is 13.0. The highest BCUT2D eigenvalue weighted by atomic mass is 16.5. The molecule has 2 aromatic rings. The third-order valence-corrected chi connectivity index (χ3v) is 6.77. The Morgan fingerprint density at radius 1 is 1.03 bits per heavy atom. The maximum atomic E-state index is 13.4. The number of carbonyl (C=O) groups is 4. The van der Waals surface area contributed by atoms with Gasteiger partial charge in [-0.05, 0) is 44.6 Å². The summed E-state index contributed by atoms with van der Waals surface area (Å²) in [5, 5.41) is 13.4. The molecule has 212 valence electrons. The molecule has 39 heavy (non-hydrogen) atoms. The fraction of sp³-hybridized carbons (Fsp3) is 0.615. The quantitative estimate of drug-likeness (QED) is 0.422. The minimum absolute atomic E-state index is 0.163. The Morgan fingerprint density at radius 3 is 2.26 bits per heavy atom. The van der Waals surface area contributed by atoms with Crippen molar-refractivity contribution in [1.29, 1.82) is 0 Å². The molecule has 3 heterocycles. The maximum absolute atomic E-state index is 13.4. The lowest BCUT2D eigenvalue weighted by Gasteiger charge is -2.31. The van der Waals surface area contributed by atoms with Crippen LogP contribution in [0.5, 0.6) is 0 Å². The zero-order valence-electron chi connectivity index (χ0n) is 23.4. The molecule has 1 fully saturated rings. The van der Waals surface area contributed by atoms with Gasteiger partial charge in [0.2, 0.25) is 23.5 Å². The van der Waals surface area contributed by atoms with Crippen molar-refractivity contribution in [2.24, 2.45) is 11.8 Å². The van der Waals surface area contributed by atoms with Gasteiger partial charge in [-0.15, -0.1) is 10.2 Å². The number of hydrogen-bond donors (Lipinski definition) is 2. The predicted molar refractivity (Wildman–Crippen MR) is 138 cm³/mol. The number of hydrogen-bond acceptors (Lipinski definition) is 10. The lowest BCUT2D eigenvalue weighted by molar-refractivity contribution is -0.141. The van der Waals surface area contributed by atoms with E-state index in [0.29, 0.717) is 25.2 Å².